The lowest BCUT2D eigenvalue weighted by atomic mass is 10.0. The molecule has 0 spiro atoms. The maximum Gasteiger partial charge on any atom is 0.325 e. The SMILES string of the molecule is O=c1[nH]cc(-c2cc(C3CC3c3ccc(F)cc3F)c(Cl)nn2)c(=O)[nH]1. The van der Waals surface area contributed by atoms with E-state index in [2.05, 4.69) is 20.2 Å². The third-order valence-corrected chi connectivity index (χ3v) is 4.72. The van der Waals surface area contributed by atoms with Crippen molar-refractivity contribution in [3.63, 3.8) is 0 Å². The van der Waals surface area contributed by atoms with Gasteiger partial charge >= 0.3 is 5.69 Å². The van der Waals surface area contributed by atoms with E-state index in [-0.39, 0.29) is 28.2 Å². The van der Waals surface area contributed by atoms with Gasteiger partial charge in [-0.25, -0.2) is 13.6 Å². The fraction of sp³-hybridized carbons (Fsp3) is 0.176. The van der Waals surface area contributed by atoms with Crippen LogP contribution in [0.2, 0.25) is 5.15 Å². The molecule has 0 aliphatic heterocycles. The molecule has 1 fully saturated rings. The van der Waals surface area contributed by atoms with Crippen molar-refractivity contribution in [1.82, 2.24) is 20.2 Å². The molecular weight excluding hydrogens is 366 g/mol. The molecule has 1 aliphatic rings. The lowest BCUT2D eigenvalue weighted by Gasteiger charge is -2.06. The number of aromatic nitrogens is 4. The molecule has 2 heterocycles. The van der Waals surface area contributed by atoms with Gasteiger partial charge in [0.05, 0.1) is 5.56 Å². The first-order valence-corrected chi connectivity index (χ1v) is 8.12. The van der Waals surface area contributed by atoms with Crippen molar-refractivity contribution in [2.45, 2.75) is 18.3 Å². The maximum absolute atomic E-state index is 14.0. The third-order valence-electron chi connectivity index (χ3n) is 4.42. The highest BCUT2D eigenvalue weighted by Crippen LogP contribution is 2.56. The minimum absolute atomic E-state index is 0.112. The molecule has 6 nitrogen and oxygen atoms in total. The monoisotopic (exact) mass is 376 g/mol. The average Bonchev–Trinajstić information content (AvgIpc) is 3.36. The minimum atomic E-state index is -0.633. The van der Waals surface area contributed by atoms with Crippen LogP contribution in [-0.2, 0) is 0 Å². The van der Waals surface area contributed by atoms with Crippen LogP contribution in [-0.4, -0.2) is 20.2 Å². The van der Waals surface area contributed by atoms with Crippen LogP contribution in [0.5, 0.6) is 0 Å². The number of H-pyrrole nitrogens is 2. The molecule has 0 radical (unpaired) electrons. The summed E-state index contributed by atoms with van der Waals surface area (Å²) in [5.74, 6) is -1.50. The van der Waals surface area contributed by atoms with Gasteiger partial charge in [-0.2, -0.15) is 0 Å². The fourth-order valence-electron chi connectivity index (χ4n) is 3.07. The highest BCUT2D eigenvalue weighted by molar-refractivity contribution is 6.30. The molecule has 2 unspecified atom stereocenters. The van der Waals surface area contributed by atoms with Crippen LogP contribution in [0.1, 0.15) is 29.4 Å². The molecule has 1 saturated carbocycles. The van der Waals surface area contributed by atoms with E-state index in [4.69, 9.17) is 11.6 Å². The summed E-state index contributed by atoms with van der Waals surface area (Å²) in [6, 6.07) is 5.09. The number of aromatic amines is 2. The topological polar surface area (TPSA) is 91.5 Å². The van der Waals surface area contributed by atoms with Gasteiger partial charge in [0.2, 0.25) is 0 Å². The maximum atomic E-state index is 14.0. The Morgan fingerprint density at radius 2 is 1.85 bits per heavy atom. The molecule has 0 amide bonds. The molecule has 132 valence electrons. The van der Waals surface area contributed by atoms with E-state index in [0.717, 1.165) is 6.07 Å². The largest absolute Gasteiger partial charge is 0.325 e. The van der Waals surface area contributed by atoms with Crippen LogP contribution in [0.25, 0.3) is 11.3 Å². The molecule has 0 saturated heterocycles. The van der Waals surface area contributed by atoms with Crippen LogP contribution in [0.15, 0.2) is 40.1 Å². The molecular formula is C17H11ClF2N4O2. The predicted octanol–water partition coefficient (Wildman–Crippen LogP) is 2.72. The zero-order valence-corrected chi connectivity index (χ0v) is 13.8. The number of rotatable bonds is 3. The van der Waals surface area contributed by atoms with E-state index in [9.17, 15) is 18.4 Å². The summed E-state index contributed by atoms with van der Waals surface area (Å²) in [5, 5.41) is 7.91. The lowest BCUT2D eigenvalue weighted by Crippen LogP contribution is -2.23. The zero-order valence-electron chi connectivity index (χ0n) is 13.1. The number of hydrogen-bond donors (Lipinski definition) is 2. The minimum Gasteiger partial charge on any atom is -0.313 e. The van der Waals surface area contributed by atoms with Crippen LogP contribution in [0.3, 0.4) is 0 Å². The molecule has 1 aliphatic carbocycles. The molecule has 2 N–H and O–H groups in total. The Balaban J connectivity index is 1.70. The van der Waals surface area contributed by atoms with Crippen molar-refractivity contribution in [3.8, 4) is 11.3 Å². The van der Waals surface area contributed by atoms with Gasteiger partial charge in [-0.1, -0.05) is 17.7 Å². The Morgan fingerprint density at radius 3 is 2.58 bits per heavy atom. The van der Waals surface area contributed by atoms with Gasteiger partial charge in [-0.15, -0.1) is 10.2 Å². The van der Waals surface area contributed by atoms with E-state index in [1.165, 1.54) is 18.3 Å². The normalized spacial score (nSPS) is 18.7. The van der Waals surface area contributed by atoms with Gasteiger partial charge in [0.1, 0.15) is 17.3 Å². The summed E-state index contributed by atoms with van der Waals surface area (Å²) in [4.78, 5) is 27.5. The quantitative estimate of drug-likeness (QED) is 0.735. The summed E-state index contributed by atoms with van der Waals surface area (Å²) in [6.07, 6.45) is 1.86. The van der Waals surface area contributed by atoms with Crippen molar-refractivity contribution < 1.29 is 8.78 Å². The standard InChI is InChI=1S/C17H11ClF2N4O2/c18-15-11(10-4-9(10)8-2-1-7(19)3-13(8)20)5-14(23-24-15)12-6-21-17(26)22-16(12)25/h1-3,5-6,9-10H,4H2,(H2,21,22,25,26). The second-order valence-electron chi connectivity index (χ2n) is 6.08. The van der Waals surface area contributed by atoms with Gasteiger partial charge in [-0.05, 0) is 41.5 Å². The number of benzene rings is 1. The Morgan fingerprint density at radius 1 is 1.08 bits per heavy atom. The number of halogens is 3. The molecule has 3 aromatic rings. The van der Waals surface area contributed by atoms with Crippen molar-refractivity contribution >= 4 is 11.6 Å². The van der Waals surface area contributed by atoms with Crippen LogP contribution >= 0.6 is 11.6 Å². The Labute approximate surface area is 149 Å². The first-order valence-electron chi connectivity index (χ1n) is 7.74. The fourth-order valence-corrected chi connectivity index (χ4v) is 3.30. The Hall–Kier alpha value is -2.87. The van der Waals surface area contributed by atoms with E-state index in [1.807, 2.05) is 0 Å². The highest BCUT2D eigenvalue weighted by atomic mass is 35.5. The lowest BCUT2D eigenvalue weighted by molar-refractivity contribution is 0.572. The number of hydrogen-bond acceptors (Lipinski definition) is 4. The van der Waals surface area contributed by atoms with E-state index in [1.54, 1.807) is 6.07 Å². The van der Waals surface area contributed by atoms with Crippen molar-refractivity contribution in [2.75, 3.05) is 0 Å². The summed E-state index contributed by atoms with van der Waals surface area (Å²) < 4.78 is 27.1. The zero-order chi connectivity index (χ0) is 18.4. The van der Waals surface area contributed by atoms with Crippen molar-refractivity contribution in [2.24, 2.45) is 0 Å². The second-order valence-corrected chi connectivity index (χ2v) is 6.43. The number of nitrogens with zero attached hydrogens (tertiary/aromatic N) is 2. The van der Waals surface area contributed by atoms with E-state index < -0.39 is 22.9 Å². The van der Waals surface area contributed by atoms with Gasteiger partial charge in [0.25, 0.3) is 5.56 Å². The summed E-state index contributed by atoms with van der Waals surface area (Å²) in [6.45, 7) is 0. The van der Waals surface area contributed by atoms with Gasteiger partial charge in [0, 0.05) is 12.3 Å². The van der Waals surface area contributed by atoms with Gasteiger partial charge in [-0.3, -0.25) is 9.78 Å². The molecule has 26 heavy (non-hydrogen) atoms. The van der Waals surface area contributed by atoms with E-state index >= 15 is 0 Å². The van der Waals surface area contributed by atoms with Crippen LogP contribution in [0.4, 0.5) is 8.78 Å². The summed E-state index contributed by atoms with van der Waals surface area (Å²) in [5.41, 5.74) is 0.180. The van der Waals surface area contributed by atoms with Crippen LogP contribution < -0.4 is 11.2 Å². The number of nitrogens with one attached hydrogen (secondary N) is 2. The molecule has 0 bridgehead atoms. The average molecular weight is 377 g/mol. The molecule has 1 aromatic carbocycles. The smallest absolute Gasteiger partial charge is 0.313 e. The van der Waals surface area contributed by atoms with Gasteiger partial charge in [0.15, 0.2) is 5.15 Å². The molecule has 4 rings (SSSR count). The Kier molecular flexibility index (Phi) is 3.91. The Bertz CT molecular complexity index is 1130. The van der Waals surface area contributed by atoms with Crippen molar-refractivity contribution in [3.05, 3.63) is 79.2 Å². The molecule has 9 heteroatoms. The summed E-state index contributed by atoms with van der Waals surface area (Å²) >= 11 is 6.13. The second kappa shape index (κ2) is 6.14. The summed E-state index contributed by atoms with van der Waals surface area (Å²) in [7, 11) is 0. The first kappa shape index (κ1) is 16.6. The predicted molar refractivity (Wildman–Crippen MR) is 90.2 cm³/mol. The van der Waals surface area contributed by atoms with Crippen LogP contribution in [0, 0.1) is 11.6 Å². The van der Waals surface area contributed by atoms with E-state index in [0.29, 0.717) is 17.5 Å². The third kappa shape index (κ3) is 2.92. The van der Waals surface area contributed by atoms with Gasteiger partial charge < -0.3 is 4.98 Å². The highest BCUT2D eigenvalue weighted by Gasteiger charge is 2.42. The van der Waals surface area contributed by atoms with Crippen molar-refractivity contribution in [1.29, 1.82) is 0 Å². The molecule has 2 aromatic heterocycles. The first-order chi connectivity index (χ1) is 12.4. The molecule has 2 atom stereocenters.